The van der Waals surface area contributed by atoms with Crippen LogP contribution in [0.1, 0.15) is 12.0 Å². The highest BCUT2D eigenvalue weighted by molar-refractivity contribution is 7.99. The largest absolute Gasteiger partial charge is 0.361 e. The number of para-hydroxylation sites is 1. The number of thiophene rings is 1. The van der Waals surface area contributed by atoms with E-state index in [1.807, 2.05) is 29.3 Å². The number of nitriles is 1. The molecule has 0 aliphatic carbocycles. The zero-order chi connectivity index (χ0) is 15.4. The van der Waals surface area contributed by atoms with E-state index >= 15 is 0 Å². The Kier molecular flexibility index (Phi) is 4.66. The van der Waals surface area contributed by atoms with Crippen molar-refractivity contribution in [3.05, 3.63) is 41.3 Å². The smallest absolute Gasteiger partial charge is 0.244 e. The third-order valence-electron chi connectivity index (χ3n) is 3.41. The molecule has 112 valence electrons. The molecule has 0 unspecified atom stereocenters. The van der Waals surface area contributed by atoms with E-state index in [0.717, 1.165) is 24.4 Å². The van der Waals surface area contributed by atoms with Gasteiger partial charge in [0.15, 0.2) is 0 Å². The molecule has 0 atom stereocenters. The molecule has 22 heavy (non-hydrogen) atoms. The summed E-state index contributed by atoms with van der Waals surface area (Å²) in [5, 5.41) is 14.3. The van der Waals surface area contributed by atoms with Crippen LogP contribution in [0.5, 0.6) is 0 Å². The van der Waals surface area contributed by atoms with Crippen LogP contribution in [0.3, 0.4) is 0 Å². The Labute approximate surface area is 137 Å². The molecule has 4 nitrogen and oxygen atoms in total. The number of benzene rings is 1. The number of thioether (sulfide) groups is 1. The predicted octanol–water partition coefficient (Wildman–Crippen LogP) is 3.56. The molecule has 3 rings (SSSR count). The third kappa shape index (κ3) is 3.26. The number of carbonyl (C=O) groups excluding carboxylic acids is 1. The van der Waals surface area contributed by atoms with E-state index in [-0.39, 0.29) is 5.91 Å². The lowest BCUT2D eigenvalue weighted by Crippen LogP contribution is -2.34. The van der Waals surface area contributed by atoms with Crippen LogP contribution in [0, 0.1) is 11.3 Å². The maximum absolute atomic E-state index is 12.3. The second-order valence-electron chi connectivity index (χ2n) is 4.91. The number of hydrogen-bond donors (Lipinski definition) is 1. The molecular weight excluding hydrogens is 314 g/mol. The Morgan fingerprint density at radius 3 is 3.09 bits per heavy atom. The van der Waals surface area contributed by atoms with E-state index in [0.29, 0.717) is 17.1 Å². The minimum Gasteiger partial charge on any atom is -0.361 e. The molecule has 1 aliphatic rings. The van der Waals surface area contributed by atoms with E-state index in [2.05, 4.69) is 28.4 Å². The number of fused-ring (bicyclic) bond motifs is 1. The standard InChI is InChI=1S/C16H15N3OS2/c17-10-12-6-9-22-16(12)18-15(20)11-19-7-3-8-21-14-5-2-1-4-13(14)19/h1-2,4-6,9H,3,7-8,11H2,(H,18,20). The molecular formula is C16H15N3OS2. The molecule has 2 aromatic rings. The lowest BCUT2D eigenvalue weighted by molar-refractivity contribution is -0.115. The zero-order valence-electron chi connectivity index (χ0n) is 11.9. The number of anilines is 2. The van der Waals surface area contributed by atoms with Crippen molar-refractivity contribution in [1.82, 2.24) is 0 Å². The van der Waals surface area contributed by atoms with Crippen molar-refractivity contribution in [2.45, 2.75) is 11.3 Å². The number of amides is 1. The highest BCUT2D eigenvalue weighted by Gasteiger charge is 2.18. The SMILES string of the molecule is N#Cc1ccsc1NC(=O)CN1CCCSc2ccccc21. The number of hydrogen-bond acceptors (Lipinski definition) is 5. The van der Waals surface area contributed by atoms with Crippen LogP contribution >= 0.6 is 23.1 Å². The van der Waals surface area contributed by atoms with E-state index in [1.165, 1.54) is 16.2 Å². The summed E-state index contributed by atoms with van der Waals surface area (Å²) in [6.07, 6.45) is 1.05. The van der Waals surface area contributed by atoms with Crippen LogP contribution in [-0.4, -0.2) is 24.7 Å². The summed E-state index contributed by atoms with van der Waals surface area (Å²) in [5.74, 6) is 0.985. The monoisotopic (exact) mass is 329 g/mol. The lowest BCUT2D eigenvalue weighted by Gasteiger charge is -2.23. The molecule has 1 N–H and O–H groups in total. The van der Waals surface area contributed by atoms with Gasteiger partial charge in [0.25, 0.3) is 0 Å². The van der Waals surface area contributed by atoms with Gasteiger partial charge in [-0.25, -0.2) is 0 Å². The first-order valence-corrected chi connectivity index (χ1v) is 8.88. The van der Waals surface area contributed by atoms with E-state index in [9.17, 15) is 4.79 Å². The fourth-order valence-corrected chi connectivity index (χ4v) is 4.16. The normalized spacial score (nSPS) is 13.9. The summed E-state index contributed by atoms with van der Waals surface area (Å²) in [6.45, 7) is 1.17. The highest BCUT2D eigenvalue weighted by atomic mass is 32.2. The quantitative estimate of drug-likeness (QED) is 0.935. The molecule has 0 saturated heterocycles. The van der Waals surface area contributed by atoms with Crippen LogP contribution in [0.15, 0.2) is 40.6 Å². The Morgan fingerprint density at radius 1 is 1.36 bits per heavy atom. The predicted molar refractivity (Wildman–Crippen MR) is 91.7 cm³/mol. The first kappa shape index (κ1) is 14.9. The van der Waals surface area contributed by atoms with Gasteiger partial charge < -0.3 is 10.2 Å². The van der Waals surface area contributed by atoms with Gasteiger partial charge in [-0.2, -0.15) is 5.26 Å². The van der Waals surface area contributed by atoms with Gasteiger partial charge in [-0.15, -0.1) is 23.1 Å². The van der Waals surface area contributed by atoms with Crippen LogP contribution < -0.4 is 10.2 Å². The number of nitrogens with one attached hydrogen (secondary N) is 1. The third-order valence-corrected chi connectivity index (χ3v) is 5.39. The Morgan fingerprint density at radius 2 is 2.23 bits per heavy atom. The van der Waals surface area contributed by atoms with Crippen LogP contribution in [0.4, 0.5) is 10.7 Å². The Hall–Kier alpha value is -1.97. The van der Waals surface area contributed by atoms with Crippen molar-refractivity contribution in [3.8, 4) is 6.07 Å². The fraction of sp³-hybridized carbons (Fsp3) is 0.250. The van der Waals surface area contributed by atoms with Gasteiger partial charge in [-0.05, 0) is 35.8 Å². The second kappa shape index (κ2) is 6.86. The van der Waals surface area contributed by atoms with Crippen LogP contribution in [0.25, 0.3) is 0 Å². The molecule has 1 aromatic carbocycles. The molecule has 1 amide bonds. The molecule has 2 heterocycles. The van der Waals surface area contributed by atoms with Gasteiger partial charge >= 0.3 is 0 Å². The minimum atomic E-state index is -0.0827. The second-order valence-corrected chi connectivity index (χ2v) is 6.97. The molecule has 6 heteroatoms. The fourth-order valence-electron chi connectivity index (χ4n) is 2.40. The van der Waals surface area contributed by atoms with Gasteiger partial charge in [0.2, 0.25) is 5.91 Å². The molecule has 1 aliphatic heterocycles. The summed E-state index contributed by atoms with van der Waals surface area (Å²) in [4.78, 5) is 15.6. The van der Waals surface area contributed by atoms with Crippen LogP contribution in [0.2, 0.25) is 0 Å². The van der Waals surface area contributed by atoms with Gasteiger partial charge in [-0.1, -0.05) is 12.1 Å². The van der Waals surface area contributed by atoms with Crippen molar-refractivity contribution in [1.29, 1.82) is 5.26 Å². The van der Waals surface area contributed by atoms with Gasteiger partial charge in [0.05, 0.1) is 17.8 Å². The summed E-state index contributed by atoms with van der Waals surface area (Å²) >= 11 is 3.21. The zero-order valence-corrected chi connectivity index (χ0v) is 13.5. The van der Waals surface area contributed by atoms with Crippen molar-refractivity contribution < 1.29 is 4.79 Å². The van der Waals surface area contributed by atoms with E-state index in [4.69, 9.17) is 5.26 Å². The summed E-state index contributed by atoms with van der Waals surface area (Å²) in [6, 6.07) is 12.0. The molecule has 0 spiro atoms. The average Bonchev–Trinajstić information content (AvgIpc) is 2.88. The van der Waals surface area contributed by atoms with Crippen molar-refractivity contribution >= 4 is 39.7 Å². The van der Waals surface area contributed by atoms with Gasteiger partial charge in [-0.3, -0.25) is 4.79 Å². The molecule has 0 bridgehead atoms. The molecule has 0 fully saturated rings. The number of rotatable bonds is 3. The maximum atomic E-state index is 12.3. The van der Waals surface area contributed by atoms with E-state index in [1.54, 1.807) is 6.07 Å². The Balaban J connectivity index is 1.73. The summed E-state index contributed by atoms with van der Waals surface area (Å²) in [5.41, 5.74) is 1.64. The van der Waals surface area contributed by atoms with Crippen LogP contribution in [-0.2, 0) is 4.79 Å². The van der Waals surface area contributed by atoms with Crippen molar-refractivity contribution in [2.75, 3.05) is 29.1 Å². The highest BCUT2D eigenvalue weighted by Crippen LogP contribution is 2.33. The summed E-state index contributed by atoms with van der Waals surface area (Å²) < 4.78 is 0. The molecule has 1 aromatic heterocycles. The minimum absolute atomic E-state index is 0.0827. The lowest BCUT2D eigenvalue weighted by atomic mass is 10.2. The maximum Gasteiger partial charge on any atom is 0.244 e. The summed E-state index contributed by atoms with van der Waals surface area (Å²) in [7, 11) is 0. The molecule has 0 radical (unpaired) electrons. The molecule has 0 saturated carbocycles. The average molecular weight is 329 g/mol. The topological polar surface area (TPSA) is 56.1 Å². The number of nitrogens with zero attached hydrogens (tertiary/aromatic N) is 2. The first-order chi connectivity index (χ1) is 10.8. The van der Waals surface area contributed by atoms with Gasteiger partial charge in [0.1, 0.15) is 11.1 Å². The first-order valence-electron chi connectivity index (χ1n) is 7.02. The Bertz CT molecular complexity index is 720. The van der Waals surface area contributed by atoms with Crippen molar-refractivity contribution in [3.63, 3.8) is 0 Å². The number of carbonyl (C=O) groups is 1. The van der Waals surface area contributed by atoms with E-state index < -0.39 is 0 Å². The van der Waals surface area contributed by atoms with Gasteiger partial charge in [0, 0.05) is 11.4 Å². The van der Waals surface area contributed by atoms with Crippen molar-refractivity contribution in [2.24, 2.45) is 0 Å².